The summed E-state index contributed by atoms with van der Waals surface area (Å²) < 4.78 is 5.20. The average Bonchev–Trinajstić information content (AvgIpc) is 2.79. The molecule has 6 rings (SSSR count). The Hall–Kier alpha value is -3.02. The Balaban J connectivity index is 1.25. The fourth-order valence-electron chi connectivity index (χ4n) is 6.10. The summed E-state index contributed by atoms with van der Waals surface area (Å²) in [4.78, 5) is 26.0. The first-order valence-corrected chi connectivity index (χ1v) is 11.5. The second kappa shape index (κ2) is 7.84. The summed E-state index contributed by atoms with van der Waals surface area (Å²) in [6, 6.07) is 15.6. The van der Waals surface area contributed by atoms with Gasteiger partial charge >= 0.3 is 0 Å². The van der Waals surface area contributed by atoms with Crippen molar-refractivity contribution in [2.24, 2.45) is 17.3 Å². The maximum atomic E-state index is 13.2. The Morgan fingerprint density at radius 3 is 2.69 bits per heavy atom. The molecule has 168 valence electrons. The molecule has 3 N–H and O–H groups in total. The van der Waals surface area contributed by atoms with E-state index >= 15 is 0 Å². The zero-order chi connectivity index (χ0) is 22.3. The molecule has 1 heterocycles. The molecule has 1 aliphatic heterocycles. The molecule has 3 aliphatic carbocycles. The number of ether oxygens (including phenoxy) is 1. The molecule has 6 heteroatoms. The minimum Gasteiger partial charge on any atom is -0.497 e. The fraction of sp³-hybridized carbons (Fsp3) is 0.462. The summed E-state index contributed by atoms with van der Waals surface area (Å²) in [5.74, 6) is 1.17. The molecular formula is C26H31N3O3. The largest absolute Gasteiger partial charge is 0.497 e. The van der Waals surface area contributed by atoms with Gasteiger partial charge in [-0.2, -0.15) is 0 Å². The van der Waals surface area contributed by atoms with Crippen LogP contribution in [0.1, 0.15) is 48.5 Å². The maximum Gasteiger partial charge on any atom is 0.255 e. The Bertz CT molecular complexity index is 1040. The van der Waals surface area contributed by atoms with Crippen LogP contribution in [0.3, 0.4) is 0 Å². The SMILES string of the molecule is COc1ccc(CCNC(=O)[C@H]2C[C@@H]3CC[C@@]2(C)C[C@]32NC(=O)c3ccccc3N2)cc1. The van der Waals surface area contributed by atoms with Crippen LogP contribution in [0.5, 0.6) is 5.75 Å². The molecule has 6 nitrogen and oxygen atoms in total. The maximum absolute atomic E-state index is 13.2. The van der Waals surface area contributed by atoms with Gasteiger partial charge in [0.25, 0.3) is 5.91 Å². The van der Waals surface area contributed by atoms with E-state index in [0.29, 0.717) is 12.1 Å². The monoisotopic (exact) mass is 433 g/mol. The number of para-hydroxylation sites is 1. The highest BCUT2D eigenvalue weighted by Gasteiger charge is 2.60. The van der Waals surface area contributed by atoms with Gasteiger partial charge in [-0.3, -0.25) is 9.59 Å². The molecule has 0 radical (unpaired) electrons. The van der Waals surface area contributed by atoms with Crippen LogP contribution >= 0.6 is 0 Å². The van der Waals surface area contributed by atoms with Crippen LogP contribution in [0.4, 0.5) is 5.69 Å². The fourth-order valence-corrected chi connectivity index (χ4v) is 6.10. The third-order valence-corrected chi connectivity index (χ3v) is 7.86. The molecule has 1 spiro atoms. The lowest BCUT2D eigenvalue weighted by Gasteiger charge is -2.60. The normalized spacial score (nSPS) is 30.2. The number of hydrogen-bond donors (Lipinski definition) is 3. The first-order valence-electron chi connectivity index (χ1n) is 11.5. The minimum atomic E-state index is -0.460. The molecule has 3 saturated carbocycles. The number of benzene rings is 2. The highest BCUT2D eigenvalue weighted by molar-refractivity contribution is 6.02. The molecule has 3 fully saturated rings. The number of hydrogen-bond acceptors (Lipinski definition) is 4. The van der Waals surface area contributed by atoms with Crippen molar-refractivity contribution in [1.82, 2.24) is 10.6 Å². The molecule has 4 aliphatic rings. The molecule has 4 atom stereocenters. The van der Waals surface area contributed by atoms with Gasteiger partial charge in [-0.25, -0.2) is 0 Å². The number of carbonyl (C=O) groups excluding carboxylic acids is 2. The summed E-state index contributed by atoms with van der Waals surface area (Å²) in [6.45, 7) is 2.84. The first-order chi connectivity index (χ1) is 15.4. The number of fused-ring (bicyclic) bond motifs is 3. The van der Waals surface area contributed by atoms with E-state index in [9.17, 15) is 9.59 Å². The van der Waals surface area contributed by atoms with E-state index in [4.69, 9.17) is 4.74 Å². The number of nitrogens with one attached hydrogen (secondary N) is 3. The van der Waals surface area contributed by atoms with Crippen molar-refractivity contribution < 1.29 is 14.3 Å². The van der Waals surface area contributed by atoms with Crippen LogP contribution in [0.25, 0.3) is 0 Å². The number of amides is 2. The van der Waals surface area contributed by atoms with Crippen LogP contribution in [0.2, 0.25) is 0 Å². The van der Waals surface area contributed by atoms with Gasteiger partial charge < -0.3 is 20.7 Å². The van der Waals surface area contributed by atoms with E-state index in [0.717, 1.165) is 43.5 Å². The van der Waals surface area contributed by atoms with Gasteiger partial charge in [0, 0.05) is 24.1 Å². The first kappa shape index (κ1) is 20.9. The van der Waals surface area contributed by atoms with E-state index < -0.39 is 5.66 Å². The quantitative estimate of drug-likeness (QED) is 0.671. The van der Waals surface area contributed by atoms with Gasteiger partial charge in [-0.1, -0.05) is 31.2 Å². The lowest BCUT2D eigenvalue weighted by Crippen LogP contribution is -2.70. The molecule has 2 aromatic carbocycles. The summed E-state index contributed by atoms with van der Waals surface area (Å²) in [5, 5.41) is 10.1. The second-order valence-electron chi connectivity index (χ2n) is 9.84. The van der Waals surface area contributed by atoms with Gasteiger partial charge in [0.15, 0.2) is 0 Å². The summed E-state index contributed by atoms with van der Waals surface area (Å²) >= 11 is 0. The molecular weight excluding hydrogens is 402 g/mol. The molecule has 2 amide bonds. The van der Waals surface area contributed by atoms with Crippen LogP contribution in [0.15, 0.2) is 48.5 Å². The molecule has 0 unspecified atom stereocenters. The smallest absolute Gasteiger partial charge is 0.255 e. The summed E-state index contributed by atoms with van der Waals surface area (Å²) in [5.41, 5.74) is 2.16. The van der Waals surface area contributed by atoms with Crippen LogP contribution in [0, 0.1) is 17.3 Å². The van der Waals surface area contributed by atoms with Gasteiger partial charge in [-0.05, 0) is 67.3 Å². The van der Waals surface area contributed by atoms with Crippen molar-refractivity contribution in [3.05, 3.63) is 59.7 Å². The van der Waals surface area contributed by atoms with E-state index in [-0.39, 0.29) is 29.1 Å². The Labute approximate surface area is 189 Å². The van der Waals surface area contributed by atoms with Gasteiger partial charge in [0.2, 0.25) is 5.91 Å². The Morgan fingerprint density at radius 1 is 1.16 bits per heavy atom. The van der Waals surface area contributed by atoms with Crippen molar-refractivity contribution in [3.63, 3.8) is 0 Å². The Morgan fingerprint density at radius 2 is 1.94 bits per heavy atom. The van der Waals surface area contributed by atoms with E-state index in [1.165, 1.54) is 5.56 Å². The molecule has 2 aromatic rings. The molecule has 2 bridgehead atoms. The Kier molecular flexibility index (Phi) is 5.11. The summed E-state index contributed by atoms with van der Waals surface area (Å²) in [6.07, 6.45) is 4.37. The highest BCUT2D eigenvalue weighted by Crippen LogP contribution is 2.58. The molecule has 0 aromatic heterocycles. The third kappa shape index (κ3) is 3.51. The number of anilines is 1. The van der Waals surface area contributed by atoms with E-state index in [2.05, 4.69) is 22.9 Å². The number of rotatable bonds is 5. The summed E-state index contributed by atoms with van der Waals surface area (Å²) in [7, 11) is 1.66. The average molecular weight is 434 g/mol. The van der Waals surface area contributed by atoms with Crippen molar-refractivity contribution in [2.75, 3.05) is 19.0 Å². The van der Waals surface area contributed by atoms with Crippen molar-refractivity contribution in [2.45, 2.75) is 44.7 Å². The van der Waals surface area contributed by atoms with E-state index in [1.54, 1.807) is 7.11 Å². The highest BCUT2D eigenvalue weighted by atomic mass is 16.5. The topological polar surface area (TPSA) is 79.5 Å². The molecule has 0 saturated heterocycles. The van der Waals surface area contributed by atoms with Crippen LogP contribution < -0.4 is 20.7 Å². The van der Waals surface area contributed by atoms with E-state index in [1.807, 2.05) is 48.5 Å². The zero-order valence-electron chi connectivity index (χ0n) is 18.7. The lowest BCUT2D eigenvalue weighted by molar-refractivity contribution is -0.139. The predicted molar refractivity (Wildman–Crippen MR) is 124 cm³/mol. The minimum absolute atomic E-state index is 0.0176. The van der Waals surface area contributed by atoms with Gasteiger partial charge in [0.05, 0.1) is 12.7 Å². The zero-order valence-corrected chi connectivity index (χ0v) is 18.7. The standard InChI is InChI=1S/C26H31N3O3/c1-25-13-11-18(26(16-25)28-22-6-4-3-5-20(22)23(30)29-26)15-21(25)24(31)27-14-12-17-7-9-19(32-2)10-8-17/h3-10,18,21,28H,11-16H2,1-2H3,(H,27,31)(H,29,30)/t18-,21+,25-,26-/m0/s1. The molecule has 32 heavy (non-hydrogen) atoms. The predicted octanol–water partition coefficient (Wildman–Crippen LogP) is 3.73. The van der Waals surface area contributed by atoms with Crippen molar-refractivity contribution in [3.8, 4) is 5.75 Å². The second-order valence-corrected chi connectivity index (χ2v) is 9.84. The van der Waals surface area contributed by atoms with Gasteiger partial charge in [-0.15, -0.1) is 0 Å². The van der Waals surface area contributed by atoms with Crippen LogP contribution in [-0.4, -0.2) is 31.1 Å². The van der Waals surface area contributed by atoms with Crippen molar-refractivity contribution >= 4 is 17.5 Å². The van der Waals surface area contributed by atoms with Gasteiger partial charge in [0.1, 0.15) is 11.4 Å². The number of carbonyl (C=O) groups is 2. The van der Waals surface area contributed by atoms with Crippen LogP contribution in [-0.2, 0) is 11.2 Å². The number of methoxy groups -OCH3 is 1. The third-order valence-electron chi connectivity index (χ3n) is 7.86. The van der Waals surface area contributed by atoms with Crippen molar-refractivity contribution in [1.29, 1.82) is 0 Å². The lowest BCUT2D eigenvalue weighted by atomic mass is 9.51.